The fourth-order valence-corrected chi connectivity index (χ4v) is 1.31. The molecule has 0 spiro atoms. The zero-order valence-corrected chi connectivity index (χ0v) is 9.91. The van der Waals surface area contributed by atoms with Crippen molar-refractivity contribution < 1.29 is 14.3 Å². The van der Waals surface area contributed by atoms with Gasteiger partial charge in [-0.15, -0.1) is 0 Å². The summed E-state index contributed by atoms with van der Waals surface area (Å²) in [6, 6.07) is 0. The normalized spacial score (nSPS) is 17.7. The van der Waals surface area contributed by atoms with E-state index in [2.05, 4.69) is 4.90 Å². The first-order valence-corrected chi connectivity index (χ1v) is 5.47. The number of morpholine rings is 1. The summed E-state index contributed by atoms with van der Waals surface area (Å²) in [7, 11) is 0. The van der Waals surface area contributed by atoms with E-state index in [1.54, 1.807) is 0 Å². The molecule has 1 aliphatic rings. The fourth-order valence-electron chi connectivity index (χ4n) is 1.31. The number of hydrogen-bond donors (Lipinski definition) is 0. The lowest BCUT2D eigenvalue weighted by molar-refractivity contribution is -0.153. The van der Waals surface area contributed by atoms with Gasteiger partial charge in [-0.1, -0.05) is 7.43 Å². The Labute approximate surface area is 98.9 Å². The second-order valence-electron chi connectivity index (χ2n) is 4.84. The van der Waals surface area contributed by atoms with E-state index in [1.165, 1.54) is 0 Å². The van der Waals surface area contributed by atoms with Gasteiger partial charge in [0.25, 0.3) is 0 Å². The number of rotatable bonds is 3. The van der Waals surface area contributed by atoms with Crippen molar-refractivity contribution in [1.29, 1.82) is 0 Å². The quantitative estimate of drug-likeness (QED) is 0.691. The Kier molecular flexibility index (Phi) is 6.60. The average Bonchev–Trinajstić information content (AvgIpc) is 2.18. The van der Waals surface area contributed by atoms with Gasteiger partial charge >= 0.3 is 5.97 Å². The van der Waals surface area contributed by atoms with E-state index >= 15 is 0 Å². The molecule has 0 atom stereocenters. The van der Waals surface area contributed by atoms with E-state index in [9.17, 15) is 4.79 Å². The molecule has 16 heavy (non-hydrogen) atoms. The largest absolute Gasteiger partial charge is 0.464 e. The molecule has 1 fully saturated rings. The SMILES string of the molecule is C.CC(C)(C)C(=O)OCCN1CCOCC1. The van der Waals surface area contributed by atoms with Crippen LogP contribution >= 0.6 is 0 Å². The lowest BCUT2D eigenvalue weighted by atomic mass is 9.97. The summed E-state index contributed by atoms with van der Waals surface area (Å²) in [5, 5.41) is 0. The summed E-state index contributed by atoms with van der Waals surface area (Å²) in [6.45, 7) is 10.3. The van der Waals surface area contributed by atoms with Crippen molar-refractivity contribution in [1.82, 2.24) is 4.90 Å². The highest BCUT2D eigenvalue weighted by molar-refractivity contribution is 5.75. The molecule has 0 aliphatic carbocycles. The molecular formula is C12H25NO3. The first kappa shape index (κ1) is 15.4. The number of nitrogens with zero attached hydrogens (tertiary/aromatic N) is 1. The predicted octanol–water partition coefficient (Wildman–Crippen LogP) is 1.54. The molecular weight excluding hydrogens is 206 g/mol. The Morgan fingerprint density at radius 1 is 1.31 bits per heavy atom. The van der Waals surface area contributed by atoms with Crippen LogP contribution in [0.1, 0.15) is 28.2 Å². The van der Waals surface area contributed by atoms with E-state index in [1.807, 2.05) is 20.8 Å². The van der Waals surface area contributed by atoms with Crippen LogP contribution in [0.4, 0.5) is 0 Å². The Balaban J connectivity index is 0.00000225. The Morgan fingerprint density at radius 3 is 2.38 bits per heavy atom. The number of esters is 1. The van der Waals surface area contributed by atoms with Crippen molar-refractivity contribution in [3.63, 3.8) is 0 Å². The molecule has 0 aromatic heterocycles. The van der Waals surface area contributed by atoms with Crippen LogP contribution in [0.15, 0.2) is 0 Å². The van der Waals surface area contributed by atoms with Gasteiger partial charge in [0, 0.05) is 19.6 Å². The highest BCUT2D eigenvalue weighted by atomic mass is 16.5. The number of hydrogen-bond acceptors (Lipinski definition) is 4. The van der Waals surface area contributed by atoms with Crippen molar-refractivity contribution in [2.45, 2.75) is 28.2 Å². The minimum Gasteiger partial charge on any atom is -0.464 e. The van der Waals surface area contributed by atoms with E-state index in [-0.39, 0.29) is 13.4 Å². The van der Waals surface area contributed by atoms with Crippen LogP contribution < -0.4 is 0 Å². The molecule has 1 heterocycles. The third-order valence-electron chi connectivity index (χ3n) is 2.36. The van der Waals surface area contributed by atoms with Gasteiger partial charge in [-0.2, -0.15) is 0 Å². The van der Waals surface area contributed by atoms with Gasteiger partial charge < -0.3 is 9.47 Å². The summed E-state index contributed by atoms with van der Waals surface area (Å²) >= 11 is 0. The Bertz CT molecular complexity index is 205. The van der Waals surface area contributed by atoms with Crippen LogP contribution in [0.25, 0.3) is 0 Å². The summed E-state index contributed by atoms with van der Waals surface area (Å²) in [5.74, 6) is -0.129. The van der Waals surface area contributed by atoms with Crippen molar-refractivity contribution in [2.75, 3.05) is 39.5 Å². The highest BCUT2D eigenvalue weighted by Gasteiger charge is 2.23. The Hall–Kier alpha value is -0.610. The topological polar surface area (TPSA) is 38.8 Å². The summed E-state index contributed by atoms with van der Waals surface area (Å²) < 4.78 is 10.4. The molecule has 96 valence electrons. The van der Waals surface area contributed by atoms with E-state index in [0.29, 0.717) is 6.61 Å². The van der Waals surface area contributed by atoms with Gasteiger partial charge in [0.2, 0.25) is 0 Å². The molecule has 0 unspecified atom stereocenters. The molecule has 4 heteroatoms. The van der Waals surface area contributed by atoms with Crippen molar-refractivity contribution in [3.05, 3.63) is 0 Å². The summed E-state index contributed by atoms with van der Waals surface area (Å²) in [5.41, 5.74) is -0.398. The number of ether oxygens (including phenoxy) is 2. The molecule has 1 rings (SSSR count). The Morgan fingerprint density at radius 2 is 1.88 bits per heavy atom. The van der Waals surface area contributed by atoms with Crippen LogP contribution in [0.2, 0.25) is 0 Å². The van der Waals surface area contributed by atoms with Gasteiger partial charge in [-0.05, 0) is 20.8 Å². The molecule has 1 saturated heterocycles. The highest BCUT2D eigenvalue weighted by Crippen LogP contribution is 2.14. The predicted molar refractivity (Wildman–Crippen MR) is 64.4 cm³/mol. The van der Waals surface area contributed by atoms with Crippen molar-refractivity contribution in [3.8, 4) is 0 Å². The third-order valence-corrected chi connectivity index (χ3v) is 2.36. The van der Waals surface area contributed by atoms with E-state index in [0.717, 1.165) is 32.8 Å². The van der Waals surface area contributed by atoms with Crippen LogP contribution in [0, 0.1) is 5.41 Å². The van der Waals surface area contributed by atoms with Gasteiger partial charge in [-0.25, -0.2) is 0 Å². The van der Waals surface area contributed by atoms with Crippen molar-refractivity contribution in [2.24, 2.45) is 5.41 Å². The molecule has 0 amide bonds. The van der Waals surface area contributed by atoms with E-state index in [4.69, 9.17) is 9.47 Å². The smallest absolute Gasteiger partial charge is 0.311 e. The molecule has 4 nitrogen and oxygen atoms in total. The molecule has 0 radical (unpaired) electrons. The zero-order valence-electron chi connectivity index (χ0n) is 9.91. The fraction of sp³-hybridized carbons (Fsp3) is 0.917. The van der Waals surface area contributed by atoms with Crippen molar-refractivity contribution >= 4 is 5.97 Å². The van der Waals surface area contributed by atoms with Crippen LogP contribution in [0.5, 0.6) is 0 Å². The zero-order chi connectivity index (χ0) is 11.3. The summed E-state index contributed by atoms with van der Waals surface area (Å²) in [6.07, 6.45) is 0. The monoisotopic (exact) mass is 231 g/mol. The summed E-state index contributed by atoms with van der Waals surface area (Å²) in [4.78, 5) is 13.7. The minimum absolute atomic E-state index is 0. The molecule has 0 N–H and O–H groups in total. The first-order chi connectivity index (χ1) is 7.00. The molecule has 0 bridgehead atoms. The lowest BCUT2D eigenvalue weighted by Gasteiger charge is -2.26. The van der Waals surface area contributed by atoms with Gasteiger partial charge in [0.1, 0.15) is 6.61 Å². The second kappa shape index (κ2) is 6.86. The van der Waals surface area contributed by atoms with Crippen LogP contribution in [-0.4, -0.2) is 50.3 Å². The van der Waals surface area contributed by atoms with Gasteiger partial charge in [0.15, 0.2) is 0 Å². The maximum absolute atomic E-state index is 11.4. The maximum Gasteiger partial charge on any atom is 0.311 e. The molecule has 0 aromatic rings. The number of carbonyl (C=O) groups is 1. The lowest BCUT2D eigenvalue weighted by Crippen LogP contribution is -2.39. The third kappa shape index (κ3) is 5.47. The standard InChI is InChI=1S/C11H21NO3.CH4/c1-11(2,3)10(13)15-9-6-12-4-7-14-8-5-12;/h4-9H2,1-3H3;1H4. The maximum atomic E-state index is 11.4. The first-order valence-electron chi connectivity index (χ1n) is 5.47. The van der Waals surface area contributed by atoms with Crippen LogP contribution in [0.3, 0.4) is 0 Å². The van der Waals surface area contributed by atoms with Gasteiger partial charge in [0.05, 0.1) is 18.6 Å². The van der Waals surface area contributed by atoms with Gasteiger partial charge in [-0.3, -0.25) is 9.69 Å². The van der Waals surface area contributed by atoms with Crippen LogP contribution in [-0.2, 0) is 14.3 Å². The molecule has 0 aromatic carbocycles. The second-order valence-corrected chi connectivity index (χ2v) is 4.84. The molecule has 0 saturated carbocycles. The molecule has 1 aliphatic heterocycles. The minimum atomic E-state index is -0.398. The average molecular weight is 231 g/mol. The van der Waals surface area contributed by atoms with E-state index < -0.39 is 5.41 Å². The number of carbonyl (C=O) groups excluding carboxylic acids is 1.